The lowest BCUT2D eigenvalue weighted by Gasteiger charge is -2.49. The third-order valence-electron chi connectivity index (χ3n) is 7.54. The fourth-order valence-corrected chi connectivity index (χ4v) is 8.41. The molecule has 1 saturated heterocycles. The summed E-state index contributed by atoms with van der Waals surface area (Å²) in [4.78, 5) is 52.7. The molecule has 3 aromatic heterocycles. The van der Waals surface area contributed by atoms with Crippen LogP contribution in [0.25, 0.3) is 5.57 Å². The van der Waals surface area contributed by atoms with Crippen LogP contribution in [0.5, 0.6) is 0 Å². The number of rotatable bonds is 10. The largest absolute Gasteiger partial charge is 0.448 e. The van der Waals surface area contributed by atoms with Crippen LogP contribution >= 0.6 is 34.4 Å². The van der Waals surface area contributed by atoms with Gasteiger partial charge < -0.3 is 15.4 Å². The first-order valence-corrected chi connectivity index (χ1v) is 17.2. The summed E-state index contributed by atoms with van der Waals surface area (Å²) in [5.74, 6) is -0.784. The molecule has 2 N–H and O–H groups in total. The van der Waals surface area contributed by atoms with Crippen molar-refractivity contribution in [2.75, 3.05) is 11.1 Å². The molecule has 12 heteroatoms. The molecule has 230 valence electrons. The van der Waals surface area contributed by atoms with Gasteiger partial charge in [-0.1, -0.05) is 78.1 Å². The van der Waals surface area contributed by atoms with Crippen molar-refractivity contribution in [3.05, 3.63) is 135 Å². The number of anilines is 2. The van der Waals surface area contributed by atoms with Gasteiger partial charge in [0.25, 0.3) is 5.91 Å². The number of pyridine rings is 1. The molecule has 7 rings (SSSR count). The summed E-state index contributed by atoms with van der Waals surface area (Å²) < 4.78 is 6.28. The van der Waals surface area contributed by atoms with Gasteiger partial charge in [0.15, 0.2) is 11.2 Å². The maximum atomic E-state index is 14.3. The van der Waals surface area contributed by atoms with E-state index in [-0.39, 0.29) is 23.9 Å². The molecule has 2 atom stereocenters. The number of hydrogen-bond acceptors (Lipinski definition) is 10. The zero-order valence-electron chi connectivity index (χ0n) is 24.2. The summed E-state index contributed by atoms with van der Waals surface area (Å²) in [5, 5.41) is 8.23. The predicted molar refractivity (Wildman–Crippen MR) is 180 cm³/mol. The van der Waals surface area contributed by atoms with E-state index in [9.17, 15) is 14.4 Å². The van der Waals surface area contributed by atoms with E-state index in [1.54, 1.807) is 18.6 Å². The zero-order chi connectivity index (χ0) is 31.5. The van der Waals surface area contributed by atoms with Crippen molar-refractivity contribution in [3.8, 4) is 0 Å². The van der Waals surface area contributed by atoms with Crippen LogP contribution in [-0.2, 0) is 25.5 Å². The number of hydrogen-bond donors (Lipinski definition) is 2. The van der Waals surface area contributed by atoms with E-state index in [1.165, 1.54) is 39.3 Å². The van der Waals surface area contributed by atoms with Gasteiger partial charge in [-0.2, -0.15) is 0 Å². The number of aromatic nitrogens is 2. The highest BCUT2D eigenvalue weighted by Gasteiger charge is 2.55. The topological polar surface area (TPSA) is 114 Å². The Hall–Kier alpha value is -4.78. The van der Waals surface area contributed by atoms with Crippen LogP contribution in [0.1, 0.15) is 27.0 Å². The summed E-state index contributed by atoms with van der Waals surface area (Å²) in [5.41, 5.74) is 3.22. The van der Waals surface area contributed by atoms with Gasteiger partial charge >= 0.3 is 5.97 Å². The smallest absolute Gasteiger partial charge is 0.356 e. The number of benzene rings is 2. The molecule has 2 aliphatic rings. The van der Waals surface area contributed by atoms with Gasteiger partial charge in [0, 0.05) is 28.6 Å². The summed E-state index contributed by atoms with van der Waals surface area (Å²) in [6.45, 7) is 0. The number of thiazole rings is 1. The first-order valence-electron chi connectivity index (χ1n) is 14.5. The average molecular weight is 666 g/mol. The highest BCUT2D eigenvalue weighted by Crippen LogP contribution is 2.45. The van der Waals surface area contributed by atoms with Gasteiger partial charge in [-0.25, -0.2) is 9.78 Å². The Balaban J connectivity index is 1.21. The molecule has 9 nitrogen and oxygen atoms in total. The Bertz CT molecular complexity index is 1840. The number of esters is 1. The van der Waals surface area contributed by atoms with Crippen LogP contribution in [0.3, 0.4) is 0 Å². The summed E-state index contributed by atoms with van der Waals surface area (Å²) in [6.07, 6.45) is 4.58. The van der Waals surface area contributed by atoms with Crippen molar-refractivity contribution < 1.29 is 19.1 Å². The van der Waals surface area contributed by atoms with Crippen molar-refractivity contribution in [2.45, 2.75) is 23.9 Å². The maximum absolute atomic E-state index is 14.3. The number of amides is 2. The van der Waals surface area contributed by atoms with E-state index in [0.717, 1.165) is 26.6 Å². The number of nitrogens with zero attached hydrogens (tertiary/aromatic N) is 3. The molecule has 2 aromatic carbocycles. The molecule has 0 aliphatic carbocycles. The van der Waals surface area contributed by atoms with Crippen molar-refractivity contribution >= 4 is 68.6 Å². The fourth-order valence-electron chi connectivity index (χ4n) is 5.37. The van der Waals surface area contributed by atoms with Gasteiger partial charge in [-0.15, -0.1) is 23.1 Å². The number of fused-ring (bicyclic) bond motifs is 1. The van der Waals surface area contributed by atoms with E-state index in [1.807, 2.05) is 90.3 Å². The summed E-state index contributed by atoms with van der Waals surface area (Å²) >= 11 is 4.36. The highest BCUT2D eigenvalue weighted by atomic mass is 32.2. The highest BCUT2D eigenvalue weighted by molar-refractivity contribution is 8.00. The van der Waals surface area contributed by atoms with Gasteiger partial charge in [-0.3, -0.25) is 19.5 Å². The third kappa shape index (κ3) is 6.19. The van der Waals surface area contributed by atoms with Gasteiger partial charge in [0.2, 0.25) is 5.91 Å². The Morgan fingerprint density at radius 3 is 2.39 bits per heavy atom. The van der Waals surface area contributed by atoms with Gasteiger partial charge in [0.05, 0.1) is 23.2 Å². The quantitative estimate of drug-likeness (QED) is 0.137. The molecule has 0 saturated carbocycles. The minimum absolute atomic E-state index is 0.172. The van der Waals surface area contributed by atoms with Crippen molar-refractivity contribution in [3.63, 3.8) is 0 Å². The number of carbonyl (C=O) groups excluding carboxylic acids is 3. The van der Waals surface area contributed by atoms with Crippen LogP contribution in [-0.4, -0.2) is 49.8 Å². The fraction of sp³-hybridized carbons (Fsp3) is 0.147. The number of nitrogens with one attached hydrogen (secondary N) is 2. The molecule has 0 spiro atoms. The van der Waals surface area contributed by atoms with Crippen LogP contribution in [0, 0.1) is 0 Å². The lowest BCUT2D eigenvalue weighted by molar-refractivity contribution is -0.154. The van der Waals surface area contributed by atoms with E-state index in [4.69, 9.17) is 4.74 Å². The molecule has 46 heavy (non-hydrogen) atoms. The predicted octanol–water partition coefficient (Wildman–Crippen LogP) is 6.03. The standard InChI is InChI=1S/C34H27N5O4S3/c40-27(17-24-14-8-16-44-24)38-28-31(41)39-29(33(42)43-30(21-9-3-1-4-10-21)22-11-5-2-6-12-22)25(20-45-32(28)39)26-19-36-34(46-26)37-23-13-7-15-35-18-23/h1-16,18-19,28,30,32H,17,20H2,(H,36,37)(H,38,40). The van der Waals surface area contributed by atoms with E-state index in [2.05, 4.69) is 20.6 Å². The number of carbonyl (C=O) groups is 3. The van der Waals surface area contributed by atoms with Crippen molar-refractivity contribution in [2.24, 2.45) is 0 Å². The molecule has 2 amide bonds. The molecular weight excluding hydrogens is 639 g/mol. The molecule has 2 unspecified atom stereocenters. The lowest BCUT2D eigenvalue weighted by atomic mass is 10.0. The molecular formula is C34H27N5O4S3. The second-order valence-electron chi connectivity index (χ2n) is 10.5. The van der Waals surface area contributed by atoms with Gasteiger partial charge in [0.1, 0.15) is 17.1 Å². The average Bonchev–Trinajstić information content (AvgIpc) is 3.79. The molecule has 0 bridgehead atoms. The Kier molecular flexibility index (Phi) is 8.64. The van der Waals surface area contributed by atoms with Gasteiger partial charge in [-0.05, 0) is 34.7 Å². The van der Waals surface area contributed by atoms with Crippen molar-refractivity contribution in [1.82, 2.24) is 20.2 Å². The Morgan fingerprint density at radius 2 is 1.72 bits per heavy atom. The minimum atomic E-state index is -0.745. The zero-order valence-corrected chi connectivity index (χ0v) is 26.7. The summed E-state index contributed by atoms with van der Waals surface area (Å²) in [6, 6.07) is 25.8. The van der Waals surface area contributed by atoms with E-state index < -0.39 is 23.5 Å². The van der Waals surface area contributed by atoms with Crippen LogP contribution < -0.4 is 10.6 Å². The summed E-state index contributed by atoms with van der Waals surface area (Å²) in [7, 11) is 0. The Morgan fingerprint density at radius 1 is 0.957 bits per heavy atom. The SMILES string of the molecule is O=C(Cc1cccs1)NC1C(=O)N2C(C(=O)OC(c3ccccc3)c3ccccc3)=C(c3cnc(Nc4cccnc4)s3)CSC12. The van der Waals surface area contributed by atoms with Crippen LogP contribution in [0.4, 0.5) is 10.8 Å². The maximum Gasteiger partial charge on any atom is 0.356 e. The molecule has 0 radical (unpaired) electrons. The second-order valence-corrected chi connectivity index (χ2v) is 13.7. The molecule has 5 aromatic rings. The first-order chi connectivity index (χ1) is 22.5. The monoisotopic (exact) mass is 665 g/mol. The third-order valence-corrected chi connectivity index (χ3v) is 10.7. The van der Waals surface area contributed by atoms with E-state index >= 15 is 0 Å². The molecule has 1 fully saturated rings. The number of ether oxygens (including phenoxy) is 1. The molecule has 5 heterocycles. The van der Waals surface area contributed by atoms with Crippen molar-refractivity contribution in [1.29, 1.82) is 0 Å². The minimum Gasteiger partial charge on any atom is -0.448 e. The lowest BCUT2D eigenvalue weighted by Crippen LogP contribution is -2.70. The second kappa shape index (κ2) is 13.3. The van der Waals surface area contributed by atoms with E-state index in [0.29, 0.717) is 16.5 Å². The number of thiophene rings is 1. The first kappa shape index (κ1) is 29.9. The molecule has 2 aliphatic heterocycles. The number of thioether (sulfide) groups is 1. The normalized spacial score (nSPS) is 17.3. The number of β-lactam (4-membered cyclic amide) rings is 1. The van der Waals surface area contributed by atoms with Crippen LogP contribution in [0.2, 0.25) is 0 Å². The Labute approximate surface area is 277 Å². The van der Waals surface area contributed by atoms with Crippen LogP contribution in [0.15, 0.2) is 115 Å².